The second-order valence-electron chi connectivity index (χ2n) is 7.16. The average Bonchev–Trinajstić information content (AvgIpc) is 2.58. The summed E-state index contributed by atoms with van der Waals surface area (Å²) in [6.45, 7) is 8.36. The van der Waals surface area contributed by atoms with E-state index in [0.717, 1.165) is 18.8 Å². The Morgan fingerprint density at radius 3 is 2.33 bits per heavy atom. The maximum Gasteiger partial charge on any atom is 0.123 e. The molecular weight excluding hydrogens is 296 g/mol. The molecule has 0 saturated carbocycles. The first-order valence-corrected chi connectivity index (χ1v) is 8.56. The monoisotopic (exact) mass is 326 g/mol. The molecule has 0 aliphatic carbocycles. The van der Waals surface area contributed by atoms with Crippen LogP contribution in [0.4, 0.5) is 0 Å². The van der Waals surface area contributed by atoms with Crippen LogP contribution in [0.2, 0.25) is 0 Å². The summed E-state index contributed by atoms with van der Waals surface area (Å²) >= 11 is 0. The number of hydrogen-bond donors (Lipinski definition) is 2. The Morgan fingerprint density at radius 2 is 1.75 bits per heavy atom. The molecule has 1 atom stereocenters. The van der Waals surface area contributed by atoms with Gasteiger partial charge < -0.3 is 15.4 Å². The lowest BCUT2D eigenvalue weighted by atomic mass is 9.86. The molecule has 0 saturated heterocycles. The van der Waals surface area contributed by atoms with Gasteiger partial charge in [0.25, 0.3) is 0 Å². The van der Waals surface area contributed by atoms with Gasteiger partial charge in [-0.25, -0.2) is 0 Å². The van der Waals surface area contributed by atoms with Crippen LogP contribution in [-0.4, -0.2) is 20.7 Å². The summed E-state index contributed by atoms with van der Waals surface area (Å²) in [5, 5.41) is 6.94. The molecule has 3 nitrogen and oxygen atoms in total. The van der Waals surface area contributed by atoms with Gasteiger partial charge in [-0.05, 0) is 29.7 Å². The van der Waals surface area contributed by atoms with E-state index in [-0.39, 0.29) is 5.41 Å². The van der Waals surface area contributed by atoms with Crippen LogP contribution in [0.15, 0.2) is 48.5 Å². The molecule has 0 amide bonds. The predicted molar refractivity (Wildman–Crippen MR) is 102 cm³/mol. The Morgan fingerprint density at radius 1 is 1.04 bits per heavy atom. The normalized spacial score (nSPS) is 12.9. The molecule has 0 spiro atoms. The molecule has 2 aromatic carbocycles. The van der Waals surface area contributed by atoms with Gasteiger partial charge in [-0.1, -0.05) is 63.2 Å². The van der Waals surface area contributed by atoms with Gasteiger partial charge in [0.2, 0.25) is 0 Å². The third-order valence-corrected chi connectivity index (χ3v) is 4.36. The van der Waals surface area contributed by atoms with Crippen molar-refractivity contribution in [2.45, 2.75) is 38.8 Å². The Kier molecular flexibility index (Phi) is 6.41. The number of methoxy groups -OCH3 is 1. The highest BCUT2D eigenvalue weighted by Crippen LogP contribution is 2.28. The molecule has 24 heavy (non-hydrogen) atoms. The van der Waals surface area contributed by atoms with E-state index in [0.29, 0.717) is 6.04 Å². The topological polar surface area (TPSA) is 33.3 Å². The summed E-state index contributed by atoms with van der Waals surface area (Å²) in [5.74, 6) is 0.941. The summed E-state index contributed by atoms with van der Waals surface area (Å²) < 4.78 is 5.53. The largest absolute Gasteiger partial charge is 0.496 e. The number of nitrogens with one attached hydrogen (secondary N) is 2. The number of ether oxygens (including phenoxy) is 1. The molecule has 0 heterocycles. The number of hydrogen-bond acceptors (Lipinski definition) is 3. The minimum absolute atomic E-state index is 0.137. The number of rotatable bonds is 7. The van der Waals surface area contributed by atoms with Crippen molar-refractivity contribution in [3.05, 3.63) is 65.2 Å². The lowest BCUT2D eigenvalue weighted by Gasteiger charge is -2.22. The highest BCUT2D eigenvalue weighted by molar-refractivity contribution is 5.39. The number of benzene rings is 2. The molecule has 0 bridgehead atoms. The molecule has 130 valence electrons. The van der Waals surface area contributed by atoms with E-state index < -0.39 is 0 Å². The first-order valence-electron chi connectivity index (χ1n) is 8.56. The van der Waals surface area contributed by atoms with Crippen LogP contribution in [0.5, 0.6) is 5.75 Å². The van der Waals surface area contributed by atoms with Crippen LogP contribution in [0.25, 0.3) is 0 Å². The van der Waals surface area contributed by atoms with Crippen molar-refractivity contribution in [1.82, 2.24) is 10.6 Å². The first-order chi connectivity index (χ1) is 11.5. The Bertz CT molecular complexity index is 632. The van der Waals surface area contributed by atoms with Crippen molar-refractivity contribution in [2.75, 3.05) is 20.7 Å². The lowest BCUT2D eigenvalue weighted by Crippen LogP contribution is -2.29. The smallest absolute Gasteiger partial charge is 0.123 e. The van der Waals surface area contributed by atoms with Gasteiger partial charge in [0.1, 0.15) is 5.75 Å². The maximum atomic E-state index is 5.53. The van der Waals surface area contributed by atoms with Crippen LogP contribution < -0.4 is 15.4 Å². The molecule has 3 heteroatoms. The summed E-state index contributed by atoms with van der Waals surface area (Å²) in [7, 11) is 3.73. The second kappa shape index (κ2) is 8.32. The molecule has 2 rings (SSSR count). The zero-order valence-electron chi connectivity index (χ0n) is 15.5. The zero-order valence-corrected chi connectivity index (χ0v) is 15.5. The molecule has 0 aliphatic rings. The van der Waals surface area contributed by atoms with E-state index in [1.165, 1.54) is 16.7 Å². The van der Waals surface area contributed by atoms with E-state index in [9.17, 15) is 0 Å². The summed E-state index contributed by atoms with van der Waals surface area (Å²) in [6.07, 6.45) is 0. The van der Waals surface area contributed by atoms with E-state index in [4.69, 9.17) is 4.74 Å². The SMILES string of the molecule is CNC(CNCc1cc(C(C)(C)C)ccc1OC)c1ccccc1. The van der Waals surface area contributed by atoms with Gasteiger partial charge in [-0.3, -0.25) is 0 Å². The van der Waals surface area contributed by atoms with Gasteiger partial charge in [0.15, 0.2) is 0 Å². The van der Waals surface area contributed by atoms with Gasteiger partial charge in [0, 0.05) is 24.7 Å². The minimum Gasteiger partial charge on any atom is -0.496 e. The van der Waals surface area contributed by atoms with Gasteiger partial charge in [-0.15, -0.1) is 0 Å². The Balaban J connectivity index is 2.05. The molecule has 2 N–H and O–H groups in total. The molecular formula is C21H30N2O. The van der Waals surface area contributed by atoms with Crippen LogP contribution in [0, 0.1) is 0 Å². The van der Waals surface area contributed by atoms with Crippen LogP contribution >= 0.6 is 0 Å². The summed E-state index contributed by atoms with van der Waals surface area (Å²) in [6, 6.07) is 17.3. The van der Waals surface area contributed by atoms with Gasteiger partial charge in [0.05, 0.1) is 7.11 Å². The lowest BCUT2D eigenvalue weighted by molar-refractivity contribution is 0.405. The summed E-state index contributed by atoms with van der Waals surface area (Å²) in [4.78, 5) is 0. The van der Waals surface area contributed by atoms with E-state index >= 15 is 0 Å². The van der Waals surface area contributed by atoms with Crippen molar-refractivity contribution >= 4 is 0 Å². The van der Waals surface area contributed by atoms with E-state index in [2.05, 4.69) is 73.9 Å². The fraction of sp³-hybridized carbons (Fsp3) is 0.429. The van der Waals surface area contributed by atoms with Crippen molar-refractivity contribution in [1.29, 1.82) is 0 Å². The van der Waals surface area contributed by atoms with Crippen LogP contribution in [0.1, 0.15) is 43.5 Å². The molecule has 0 radical (unpaired) electrons. The first kappa shape index (κ1) is 18.5. The van der Waals surface area contributed by atoms with Crippen molar-refractivity contribution in [3.8, 4) is 5.75 Å². The standard InChI is InChI=1S/C21H30N2O/c1-21(2,3)18-11-12-20(24-5)17(13-18)14-23-15-19(22-4)16-9-7-6-8-10-16/h6-13,19,22-23H,14-15H2,1-5H3. The minimum atomic E-state index is 0.137. The predicted octanol–water partition coefficient (Wildman–Crippen LogP) is 4.04. The second-order valence-corrected chi connectivity index (χ2v) is 7.16. The third kappa shape index (κ3) is 4.83. The van der Waals surface area contributed by atoms with E-state index in [1.807, 2.05) is 13.1 Å². The Labute approximate surface area is 146 Å². The van der Waals surface area contributed by atoms with Crippen molar-refractivity contribution in [3.63, 3.8) is 0 Å². The highest BCUT2D eigenvalue weighted by Gasteiger charge is 2.16. The van der Waals surface area contributed by atoms with Crippen LogP contribution in [-0.2, 0) is 12.0 Å². The summed E-state index contributed by atoms with van der Waals surface area (Å²) in [5.41, 5.74) is 3.96. The molecule has 2 aromatic rings. The number of likely N-dealkylation sites (N-methyl/N-ethyl adjacent to an activating group) is 1. The molecule has 0 aromatic heterocycles. The Hall–Kier alpha value is -1.84. The third-order valence-electron chi connectivity index (χ3n) is 4.36. The maximum absolute atomic E-state index is 5.53. The average molecular weight is 326 g/mol. The molecule has 0 aliphatic heterocycles. The van der Waals surface area contributed by atoms with Gasteiger partial charge >= 0.3 is 0 Å². The fourth-order valence-electron chi connectivity index (χ4n) is 2.81. The molecule has 1 unspecified atom stereocenters. The zero-order chi connectivity index (χ0) is 17.6. The van der Waals surface area contributed by atoms with E-state index in [1.54, 1.807) is 7.11 Å². The highest BCUT2D eigenvalue weighted by atomic mass is 16.5. The fourth-order valence-corrected chi connectivity index (χ4v) is 2.81. The quantitative estimate of drug-likeness (QED) is 0.805. The van der Waals surface area contributed by atoms with Gasteiger partial charge in [-0.2, -0.15) is 0 Å². The van der Waals surface area contributed by atoms with Crippen LogP contribution in [0.3, 0.4) is 0 Å². The van der Waals surface area contributed by atoms with Crippen molar-refractivity contribution in [2.24, 2.45) is 0 Å². The van der Waals surface area contributed by atoms with Crippen molar-refractivity contribution < 1.29 is 4.74 Å². The molecule has 0 fully saturated rings.